The summed E-state index contributed by atoms with van der Waals surface area (Å²) < 4.78 is 5.69. The molecule has 2 rings (SSSR count). The summed E-state index contributed by atoms with van der Waals surface area (Å²) in [5.41, 5.74) is 3.74. The number of ether oxygens (including phenoxy) is 1. The Morgan fingerprint density at radius 2 is 1.68 bits per heavy atom. The number of rotatable bonds is 6. The number of aryl methyl sites for hydroxylation is 2. The Kier molecular flexibility index (Phi) is 4.85. The third-order valence-corrected chi connectivity index (χ3v) is 3.07. The van der Waals surface area contributed by atoms with Crippen LogP contribution in [0.1, 0.15) is 17.5 Å². The molecule has 0 heterocycles. The SMILES string of the molecule is Cc1ccc(OCCCNc2ccccc2C)cc1. The molecule has 0 amide bonds. The van der Waals surface area contributed by atoms with Gasteiger partial charge in [0, 0.05) is 12.2 Å². The molecule has 0 bridgehead atoms. The van der Waals surface area contributed by atoms with Gasteiger partial charge in [-0.15, -0.1) is 0 Å². The molecule has 100 valence electrons. The molecule has 0 spiro atoms. The third kappa shape index (κ3) is 4.32. The normalized spacial score (nSPS) is 10.2. The Bertz CT molecular complexity index is 505. The Balaban J connectivity index is 1.67. The van der Waals surface area contributed by atoms with Crippen molar-refractivity contribution in [1.29, 1.82) is 0 Å². The molecule has 0 unspecified atom stereocenters. The van der Waals surface area contributed by atoms with Crippen molar-refractivity contribution in [2.24, 2.45) is 0 Å². The van der Waals surface area contributed by atoms with Crippen LogP contribution in [0.4, 0.5) is 5.69 Å². The highest BCUT2D eigenvalue weighted by atomic mass is 16.5. The van der Waals surface area contributed by atoms with Crippen molar-refractivity contribution in [3.8, 4) is 5.75 Å². The van der Waals surface area contributed by atoms with Gasteiger partial charge in [-0.2, -0.15) is 0 Å². The van der Waals surface area contributed by atoms with E-state index in [1.54, 1.807) is 0 Å². The molecule has 0 fully saturated rings. The minimum atomic E-state index is 0.738. The van der Waals surface area contributed by atoms with Gasteiger partial charge in [0.25, 0.3) is 0 Å². The molecule has 0 aliphatic heterocycles. The number of hydrogen-bond acceptors (Lipinski definition) is 2. The van der Waals surface area contributed by atoms with Crippen LogP contribution in [0.3, 0.4) is 0 Å². The van der Waals surface area contributed by atoms with Crippen LogP contribution in [0.15, 0.2) is 48.5 Å². The van der Waals surface area contributed by atoms with Gasteiger partial charge in [-0.1, -0.05) is 35.9 Å². The first-order valence-electron chi connectivity index (χ1n) is 6.75. The van der Waals surface area contributed by atoms with Crippen molar-refractivity contribution in [3.63, 3.8) is 0 Å². The summed E-state index contributed by atoms with van der Waals surface area (Å²) in [5.74, 6) is 0.946. The van der Waals surface area contributed by atoms with Gasteiger partial charge in [0.05, 0.1) is 6.61 Å². The summed E-state index contributed by atoms with van der Waals surface area (Å²) in [6.45, 7) is 5.86. The second-order valence-corrected chi connectivity index (χ2v) is 4.76. The zero-order chi connectivity index (χ0) is 13.5. The van der Waals surface area contributed by atoms with E-state index < -0.39 is 0 Å². The third-order valence-electron chi connectivity index (χ3n) is 3.07. The maximum atomic E-state index is 5.69. The van der Waals surface area contributed by atoms with E-state index in [4.69, 9.17) is 4.74 Å². The molecule has 2 aromatic carbocycles. The van der Waals surface area contributed by atoms with E-state index in [9.17, 15) is 0 Å². The Labute approximate surface area is 115 Å². The summed E-state index contributed by atoms with van der Waals surface area (Å²) in [7, 11) is 0. The van der Waals surface area contributed by atoms with E-state index in [2.05, 4.69) is 55.6 Å². The molecular formula is C17H21NO. The molecule has 19 heavy (non-hydrogen) atoms. The van der Waals surface area contributed by atoms with E-state index >= 15 is 0 Å². The van der Waals surface area contributed by atoms with Crippen molar-refractivity contribution in [1.82, 2.24) is 0 Å². The lowest BCUT2D eigenvalue weighted by molar-refractivity contribution is 0.315. The van der Waals surface area contributed by atoms with Crippen LogP contribution >= 0.6 is 0 Å². The summed E-state index contributed by atoms with van der Waals surface area (Å²) in [6.07, 6.45) is 0.988. The van der Waals surface area contributed by atoms with Crippen molar-refractivity contribution in [2.75, 3.05) is 18.5 Å². The average molecular weight is 255 g/mol. The first kappa shape index (κ1) is 13.5. The van der Waals surface area contributed by atoms with E-state index in [0.29, 0.717) is 0 Å². The number of benzene rings is 2. The van der Waals surface area contributed by atoms with Gasteiger partial charge >= 0.3 is 0 Å². The molecule has 0 saturated carbocycles. The molecule has 0 radical (unpaired) electrons. The molecule has 0 aliphatic carbocycles. The fourth-order valence-electron chi connectivity index (χ4n) is 1.89. The molecule has 2 heteroatoms. The van der Waals surface area contributed by atoms with Gasteiger partial charge in [0.2, 0.25) is 0 Å². The fourth-order valence-corrected chi connectivity index (χ4v) is 1.89. The van der Waals surface area contributed by atoms with Crippen LogP contribution in [0.5, 0.6) is 5.75 Å². The lowest BCUT2D eigenvalue weighted by Crippen LogP contribution is -2.08. The Morgan fingerprint density at radius 3 is 2.42 bits per heavy atom. The number of para-hydroxylation sites is 1. The summed E-state index contributed by atoms with van der Waals surface area (Å²) in [4.78, 5) is 0. The van der Waals surface area contributed by atoms with E-state index in [0.717, 1.165) is 25.3 Å². The van der Waals surface area contributed by atoms with E-state index in [1.807, 2.05) is 12.1 Å². The van der Waals surface area contributed by atoms with Gasteiger partial charge in [0.15, 0.2) is 0 Å². The van der Waals surface area contributed by atoms with Crippen molar-refractivity contribution >= 4 is 5.69 Å². The van der Waals surface area contributed by atoms with Gasteiger partial charge in [0.1, 0.15) is 5.75 Å². The number of hydrogen-bond donors (Lipinski definition) is 1. The Morgan fingerprint density at radius 1 is 0.947 bits per heavy atom. The van der Waals surface area contributed by atoms with Crippen LogP contribution in [0, 0.1) is 13.8 Å². The molecule has 0 saturated heterocycles. The van der Waals surface area contributed by atoms with Crippen LogP contribution in [0.2, 0.25) is 0 Å². The van der Waals surface area contributed by atoms with E-state index in [1.165, 1.54) is 16.8 Å². The summed E-state index contributed by atoms with van der Waals surface area (Å²) >= 11 is 0. The van der Waals surface area contributed by atoms with Gasteiger partial charge in [-0.25, -0.2) is 0 Å². The molecular weight excluding hydrogens is 234 g/mol. The second kappa shape index (κ2) is 6.83. The predicted octanol–water partition coefficient (Wildman–Crippen LogP) is 4.18. The van der Waals surface area contributed by atoms with Crippen LogP contribution in [-0.2, 0) is 0 Å². The highest BCUT2D eigenvalue weighted by Crippen LogP contribution is 2.13. The second-order valence-electron chi connectivity index (χ2n) is 4.76. The lowest BCUT2D eigenvalue weighted by Gasteiger charge is -2.10. The first-order valence-corrected chi connectivity index (χ1v) is 6.75. The molecule has 2 aromatic rings. The maximum Gasteiger partial charge on any atom is 0.119 e. The molecule has 1 N–H and O–H groups in total. The predicted molar refractivity (Wildman–Crippen MR) is 81.0 cm³/mol. The quantitative estimate of drug-likeness (QED) is 0.782. The van der Waals surface area contributed by atoms with E-state index in [-0.39, 0.29) is 0 Å². The Hall–Kier alpha value is -1.96. The van der Waals surface area contributed by atoms with Crippen molar-refractivity contribution < 1.29 is 4.74 Å². The summed E-state index contributed by atoms with van der Waals surface area (Å²) in [5, 5.41) is 3.43. The molecule has 0 aliphatic rings. The minimum Gasteiger partial charge on any atom is -0.494 e. The number of nitrogens with one attached hydrogen (secondary N) is 1. The van der Waals surface area contributed by atoms with Crippen molar-refractivity contribution in [2.45, 2.75) is 20.3 Å². The van der Waals surface area contributed by atoms with Crippen molar-refractivity contribution in [3.05, 3.63) is 59.7 Å². The zero-order valence-electron chi connectivity index (χ0n) is 11.6. The monoisotopic (exact) mass is 255 g/mol. The number of anilines is 1. The zero-order valence-corrected chi connectivity index (χ0v) is 11.6. The standard InChI is InChI=1S/C17H21NO/c1-14-8-10-16(11-9-14)19-13-5-12-18-17-7-4-3-6-15(17)2/h3-4,6-11,18H,5,12-13H2,1-2H3. The van der Waals surface area contributed by atoms with Gasteiger partial charge in [-0.3, -0.25) is 0 Å². The molecule has 0 aromatic heterocycles. The maximum absolute atomic E-state index is 5.69. The molecule has 0 atom stereocenters. The van der Waals surface area contributed by atoms with Gasteiger partial charge < -0.3 is 10.1 Å². The molecule has 2 nitrogen and oxygen atoms in total. The smallest absolute Gasteiger partial charge is 0.119 e. The largest absolute Gasteiger partial charge is 0.494 e. The van der Waals surface area contributed by atoms with Gasteiger partial charge in [-0.05, 0) is 44.0 Å². The first-order chi connectivity index (χ1) is 9.25. The highest BCUT2D eigenvalue weighted by Gasteiger charge is 1.96. The topological polar surface area (TPSA) is 21.3 Å². The minimum absolute atomic E-state index is 0.738. The van der Waals surface area contributed by atoms with Crippen LogP contribution in [0.25, 0.3) is 0 Å². The lowest BCUT2D eigenvalue weighted by atomic mass is 10.2. The highest BCUT2D eigenvalue weighted by molar-refractivity contribution is 5.50. The fraction of sp³-hybridized carbons (Fsp3) is 0.294. The van der Waals surface area contributed by atoms with Crippen LogP contribution < -0.4 is 10.1 Å². The average Bonchev–Trinajstić information content (AvgIpc) is 2.42. The summed E-state index contributed by atoms with van der Waals surface area (Å²) in [6, 6.07) is 16.5. The van der Waals surface area contributed by atoms with Crippen LogP contribution in [-0.4, -0.2) is 13.2 Å².